The first-order valence-corrected chi connectivity index (χ1v) is 12.9. The molecule has 0 saturated carbocycles. The second-order valence-electron chi connectivity index (χ2n) is 9.70. The van der Waals surface area contributed by atoms with Gasteiger partial charge in [0.15, 0.2) is 11.6 Å². The van der Waals surface area contributed by atoms with Gasteiger partial charge in [0.25, 0.3) is 5.78 Å². The number of pyridine rings is 1. The Morgan fingerprint density at radius 1 is 1.10 bits per heavy atom. The molecule has 3 aromatic rings. The van der Waals surface area contributed by atoms with E-state index in [2.05, 4.69) is 4.98 Å². The zero-order chi connectivity index (χ0) is 27.7. The summed E-state index contributed by atoms with van der Waals surface area (Å²) in [6.45, 7) is 4.49. The Morgan fingerprint density at radius 2 is 1.87 bits per heavy atom. The van der Waals surface area contributed by atoms with Crippen LogP contribution in [0.1, 0.15) is 50.4 Å². The molecule has 0 fully saturated rings. The maximum Gasteiger partial charge on any atom is 0.410 e. The molecule has 5 rings (SSSR count). The first kappa shape index (κ1) is 26.3. The number of hydrogen-bond donors (Lipinski definition) is 0. The predicted octanol–water partition coefficient (Wildman–Crippen LogP) is 4.88. The highest BCUT2D eigenvalue weighted by atomic mass is 19.1. The molecule has 2 aliphatic rings. The van der Waals surface area contributed by atoms with Crippen molar-refractivity contribution in [3.63, 3.8) is 0 Å². The number of Topliss-reactive ketones (excluding diaryl/α,β-unsaturated/α-hetero) is 1. The van der Waals surface area contributed by atoms with Crippen LogP contribution in [0.15, 0.2) is 36.4 Å². The second-order valence-corrected chi connectivity index (χ2v) is 9.70. The minimum atomic E-state index is -1.05. The van der Waals surface area contributed by atoms with Crippen molar-refractivity contribution in [1.82, 2.24) is 9.88 Å². The number of aryl methyl sites for hydroxylation is 1. The molecule has 0 spiro atoms. The van der Waals surface area contributed by atoms with E-state index in [4.69, 9.17) is 14.2 Å². The average molecular weight is 533 g/mol. The number of esters is 1. The summed E-state index contributed by atoms with van der Waals surface area (Å²) in [5.74, 6) is -2.25. The molecule has 9 heteroatoms. The second kappa shape index (κ2) is 10.8. The van der Waals surface area contributed by atoms with Crippen LogP contribution in [0.4, 0.5) is 9.18 Å². The van der Waals surface area contributed by atoms with Crippen LogP contribution in [0.3, 0.4) is 0 Å². The van der Waals surface area contributed by atoms with Crippen molar-refractivity contribution in [3.8, 4) is 16.9 Å². The lowest BCUT2D eigenvalue weighted by Gasteiger charge is -2.31. The van der Waals surface area contributed by atoms with E-state index in [0.717, 1.165) is 30.2 Å². The summed E-state index contributed by atoms with van der Waals surface area (Å²) in [5, 5.41) is 0. The van der Waals surface area contributed by atoms with E-state index < -0.39 is 23.7 Å². The molecule has 2 aliphatic heterocycles. The summed E-state index contributed by atoms with van der Waals surface area (Å²) in [7, 11) is 1.13. The summed E-state index contributed by atoms with van der Waals surface area (Å²) in [4.78, 5) is 44.9. The molecule has 202 valence electrons. The monoisotopic (exact) mass is 532 g/mol. The fourth-order valence-corrected chi connectivity index (χ4v) is 5.34. The van der Waals surface area contributed by atoms with E-state index in [0.29, 0.717) is 54.1 Å². The van der Waals surface area contributed by atoms with Crippen LogP contribution < -0.4 is 4.74 Å². The number of aromatic nitrogens is 1. The summed E-state index contributed by atoms with van der Waals surface area (Å²) in [5.41, 5.74) is 4.83. The Bertz CT molecular complexity index is 1470. The molecular weight excluding hydrogens is 503 g/mol. The number of nitrogens with zero attached hydrogens (tertiary/aromatic N) is 2. The van der Waals surface area contributed by atoms with E-state index in [-0.39, 0.29) is 24.5 Å². The quantitative estimate of drug-likeness (QED) is 0.263. The predicted molar refractivity (Wildman–Crippen MR) is 140 cm³/mol. The van der Waals surface area contributed by atoms with E-state index in [1.165, 1.54) is 11.0 Å². The van der Waals surface area contributed by atoms with Crippen molar-refractivity contribution in [2.75, 3.05) is 20.3 Å². The number of halogens is 1. The maximum absolute atomic E-state index is 15.4. The minimum Gasteiger partial charge on any atom is -0.490 e. The fourth-order valence-electron chi connectivity index (χ4n) is 5.34. The molecule has 0 atom stereocenters. The molecule has 0 N–H and O–H groups in total. The molecule has 0 aliphatic carbocycles. The van der Waals surface area contributed by atoms with Gasteiger partial charge in [-0.05, 0) is 49.4 Å². The van der Waals surface area contributed by atoms with Gasteiger partial charge in [0.1, 0.15) is 6.61 Å². The van der Waals surface area contributed by atoms with Crippen LogP contribution >= 0.6 is 0 Å². The van der Waals surface area contributed by atoms with Crippen LogP contribution in [0, 0.1) is 19.7 Å². The molecular formula is C30H29FN2O6. The smallest absolute Gasteiger partial charge is 0.410 e. The topological polar surface area (TPSA) is 95.0 Å². The molecule has 2 aromatic carbocycles. The third-order valence-corrected chi connectivity index (χ3v) is 7.30. The zero-order valence-corrected chi connectivity index (χ0v) is 22.1. The number of ketones is 1. The third kappa shape index (κ3) is 4.96. The number of rotatable bonds is 5. The minimum absolute atomic E-state index is 0.0410. The van der Waals surface area contributed by atoms with Gasteiger partial charge in [-0.1, -0.05) is 30.3 Å². The van der Waals surface area contributed by atoms with Gasteiger partial charge in [0.2, 0.25) is 0 Å². The Kier molecular flexibility index (Phi) is 7.32. The molecule has 39 heavy (non-hydrogen) atoms. The normalized spacial score (nSPS) is 14.1. The fraction of sp³-hybridized carbons (Fsp3) is 0.333. The van der Waals surface area contributed by atoms with Crippen LogP contribution in [0.25, 0.3) is 11.1 Å². The van der Waals surface area contributed by atoms with Gasteiger partial charge >= 0.3 is 12.1 Å². The van der Waals surface area contributed by atoms with Gasteiger partial charge in [0, 0.05) is 41.0 Å². The highest BCUT2D eigenvalue weighted by Crippen LogP contribution is 2.42. The summed E-state index contributed by atoms with van der Waals surface area (Å²) < 4.78 is 31.3. The lowest BCUT2D eigenvalue weighted by molar-refractivity contribution is -0.135. The standard InChI is InChI=1S/C30H29FN2O6/c1-17-20-10-7-13-38-28(20)23(31)14-21(17)26-22-15-33(30(36)39-16-19-8-5-4-6-9-19)12-11-24(22)32-18(2)25(26)27(34)29(35)37-3/h4-6,8-9,14H,7,10-13,15-16H2,1-3H3. The van der Waals surface area contributed by atoms with E-state index in [1.807, 2.05) is 37.3 Å². The first-order valence-electron chi connectivity index (χ1n) is 12.9. The van der Waals surface area contributed by atoms with Gasteiger partial charge in [-0.25, -0.2) is 14.0 Å². The Morgan fingerprint density at radius 3 is 2.62 bits per heavy atom. The molecule has 1 aromatic heterocycles. The Hall–Kier alpha value is -4.27. The van der Waals surface area contributed by atoms with Gasteiger partial charge in [-0.2, -0.15) is 0 Å². The number of benzene rings is 2. The number of fused-ring (bicyclic) bond motifs is 2. The summed E-state index contributed by atoms with van der Waals surface area (Å²) in [6.07, 6.45) is 1.25. The van der Waals surface area contributed by atoms with Gasteiger partial charge in [-0.15, -0.1) is 0 Å². The number of carbonyl (C=O) groups is 3. The van der Waals surface area contributed by atoms with E-state index >= 15 is 4.39 Å². The molecule has 0 bridgehead atoms. The summed E-state index contributed by atoms with van der Waals surface area (Å²) >= 11 is 0. The van der Waals surface area contributed by atoms with Gasteiger partial charge in [-0.3, -0.25) is 9.78 Å². The molecule has 0 saturated heterocycles. The number of ether oxygens (including phenoxy) is 3. The number of hydrogen-bond acceptors (Lipinski definition) is 7. The average Bonchev–Trinajstić information content (AvgIpc) is 2.96. The number of methoxy groups -OCH3 is 1. The van der Waals surface area contributed by atoms with Gasteiger partial charge in [0.05, 0.1) is 25.8 Å². The van der Waals surface area contributed by atoms with Crippen LogP contribution in [-0.4, -0.2) is 48.0 Å². The van der Waals surface area contributed by atoms with Crippen molar-refractivity contribution in [2.45, 2.75) is 46.3 Å². The largest absolute Gasteiger partial charge is 0.490 e. The molecule has 0 unspecified atom stereocenters. The Labute approximate surface area is 225 Å². The molecule has 0 radical (unpaired) electrons. The molecule has 8 nitrogen and oxygen atoms in total. The van der Waals surface area contributed by atoms with Crippen molar-refractivity contribution in [3.05, 3.63) is 81.4 Å². The lowest BCUT2D eigenvalue weighted by atomic mass is 9.84. The van der Waals surface area contributed by atoms with E-state index in [9.17, 15) is 14.4 Å². The highest BCUT2D eigenvalue weighted by Gasteiger charge is 2.34. The number of carbonyl (C=O) groups excluding carboxylic acids is 3. The third-order valence-electron chi connectivity index (χ3n) is 7.30. The van der Waals surface area contributed by atoms with Crippen LogP contribution in [0.2, 0.25) is 0 Å². The van der Waals surface area contributed by atoms with Crippen LogP contribution in [0.5, 0.6) is 5.75 Å². The Balaban J connectivity index is 1.61. The summed E-state index contributed by atoms with van der Waals surface area (Å²) in [6, 6.07) is 10.7. The van der Waals surface area contributed by atoms with Crippen molar-refractivity contribution in [2.24, 2.45) is 0 Å². The first-order chi connectivity index (χ1) is 18.8. The van der Waals surface area contributed by atoms with Crippen molar-refractivity contribution in [1.29, 1.82) is 0 Å². The highest BCUT2D eigenvalue weighted by molar-refractivity contribution is 6.42. The lowest BCUT2D eigenvalue weighted by Crippen LogP contribution is -2.37. The van der Waals surface area contributed by atoms with E-state index in [1.54, 1.807) is 6.92 Å². The molecule has 1 amide bonds. The zero-order valence-electron chi connectivity index (χ0n) is 22.1. The van der Waals surface area contributed by atoms with Crippen LogP contribution in [-0.2, 0) is 40.3 Å². The van der Waals surface area contributed by atoms with Crippen molar-refractivity contribution < 1.29 is 33.0 Å². The van der Waals surface area contributed by atoms with Gasteiger partial charge < -0.3 is 19.1 Å². The van der Waals surface area contributed by atoms with Crippen molar-refractivity contribution >= 4 is 17.8 Å². The number of amides is 1. The molecule has 3 heterocycles. The maximum atomic E-state index is 15.4. The SMILES string of the molecule is COC(=O)C(=O)c1c(C)nc2c(c1-c1cc(F)c3c(c1C)CCCO3)CN(C(=O)OCc1ccccc1)CC2.